The maximum Gasteiger partial charge on any atom is 0.238 e. The molecule has 0 spiro atoms. The Morgan fingerprint density at radius 3 is 2.48 bits per heavy atom. The fourth-order valence-electron chi connectivity index (χ4n) is 1.69. The summed E-state index contributed by atoms with van der Waals surface area (Å²) in [6.45, 7) is 0.699. The van der Waals surface area contributed by atoms with Crippen LogP contribution in [0, 0.1) is 0 Å². The van der Waals surface area contributed by atoms with Crippen molar-refractivity contribution in [2.75, 3.05) is 14.2 Å². The molecule has 1 aromatic carbocycles. The number of methoxy groups -OCH3 is 1. The SMILES string of the molecule is CNCc1cnc(Oc2cc(Br)c(OC)cc2Br)c(Cl)c1. The molecule has 0 aliphatic heterocycles. The molecule has 1 heterocycles. The van der Waals surface area contributed by atoms with E-state index in [4.69, 9.17) is 21.1 Å². The Labute approximate surface area is 145 Å². The van der Waals surface area contributed by atoms with Gasteiger partial charge in [0.15, 0.2) is 0 Å². The number of hydrogen-bond acceptors (Lipinski definition) is 4. The molecule has 0 bridgehead atoms. The van der Waals surface area contributed by atoms with Crippen molar-refractivity contribution in [1.29, 1.82) is 0 Å². The molecule has 7 heteroatoms. The quantitative estimate of drug-likeness (QED) is 0.733. The number of pyridine rings is 1. The highest BCUT2D eigenvalue weighted by Crippen LogP contribution is 2.39. The molecule has 21 heavy (non-hydrogen) atoms. The van der Waals surface area contributed by atoms with Gasteiger partial charge in [-0.05, 0) is 62.7 Å². The average molecular weight is 437 g/mol. The van der Waals surface area contributed by atoms with Gasteiger partial charge < -0.3 is 14.8 Å². The molecular formula is C14H13Br2ClN2O2. The number of ether oxygens (including phenoxy) is 2. The lowest BCUT2D eigenvalue weighted by Gasteiger charge is -2.11. The van der Waals surface area contributed by atoms with Crippen molar-refractivity contribution in [2.24, 2.45) is 0 Å². The van der Waals surface area contributed by atoms with Crippen LogP contribution in [0.1, 0.15) is 5.56 Å². The van der Waals surface area contributed by atoms with Gasteiger partial charge in [0.25, 0.3) is 0 Å². The van der Waals surface area contributed by atoms with E-state index in [1.165, 1.54) is 0 Å². The van der Waals surface area contributed by atoms with E-state index in [0.717, 1.165) is 14.5 Å². The van der Waals surface area contributed by atoms with Crippen LogP contribution in [0.15, 0.2) is 33.3 Å². The summed E-state index contributed by atoms with van der Waals surface area (Å²) in [5, 5.41) is 3.50. The Hall–Kier alpha value is -0.820. The minimum Gasteiger partial charge on any atom is -0.496 e. The van der Waals surface area contributed by atoms with Crippen molar-refractivity contribution >= 4 is 43.5 Å². The fourth-order valence-corrected chi connectivity index (χ4v) is 2.81. The molecule has 1 aromatic heterocycles. The maximum atomic E-state index is 6.20. The molecule has 0 amide bonds. The molecular weight excluding hydrogens is 423 g/mol. The molecule has 0 saturated heterocycles. The van der Waals surface area contributed by atoms with E-state index in [9.17, 15) is 0 Å². The van der Waals surface area contributed by atoms with E-state index in [-0.39, 0.29) is 0 Å². The number of nitrogens with zero attached hydrogens (tertiary/aromatic N) is 1. The van der Waals surface area contributed by atoms with E-state index in [0.29, 0.717) is 28.9 Å². The van der Waals surface area contributed by atoms with Crippen LogP contribution in [0.25, 0.3) is 0 Å². The Bertz CT molecular complexity index is 653. The molecule has 112 valence electrons. The van der Waals surface area contributed by atoms with Crippen LogP contribution in [0.2, 0.25) is 5.02 Å². The first-order chi connectivity index (χ1) is 10.0. The van der Waals surface area contributed by atoms with Crippen molar-refractivity contribution in [3.05, 3.63) is 43.9 Å². The van der Waals surface area contributed by atoms with Crippen LogP contribution in [0.3, 0.4) is 0 Å². The van der Waals surface area contributed by atoms with Gasteiger partial charge in [-0.2, -0.15) is 0 Å². The van der Waals surface area contributed by atoms with Crippen molar-refractivity contribution in [1.82, 2.24) is 10.3 Å². The van der Waals surface area contributed by atoms with Crippen LogP contribution in [-0.4, -0.2) is 19.1 Å². The Morgan fingerprint density at radius 1 is 1.19 bits per heavy atom. The zero-order valence-corrected chi connectivity index (χ0v) is 15.3. The second kappa shape index (κ2) is 7.45. The maximum absolute atomic E-state index is 6.20. The van der Waals surface area contributed by atoms with Crippen LogP contribution < -0.4 is 14.8 Å². The molecule has 2 aromatic rings. The zero-order chi connectivity index (χ0) is 15.4. The zero-order valence-electron chi connectivity index (χ0n) is 11.4. The highest BCUT2D eigenvalue weighted by atomic mass is 79.9. The lowest BCUT2D eigenvalue weighted by atomic mass is 10.3. The molecule has 2 rings (SSSR count). The van der Waals surface area contributed by atoms with Crippen LogP contribution in [0.5, 0.6) is 17.4 Å². The monoisotopic (exact) mass is 434 g/mol. The van der Waals surface area contributed by atoms with Crippen molar-refractivity contribution in [3.63, 3.8) is 0 Å². The number of benzene rings is 1. The number of rotatable bonds is 5. The van der Waals surface area contributed by atoms with E-state index in [2.05, 4.69) is 42.2 Å². The Balaban J connectivity index is 2.28. The fraction of sp³-hybridized carbons (Fsp3) is 0.214. The molecule has 0 fully saturated rings. The van der Waals surface area contributed by atoms with Gasteiger partial charge in [0.1, 0.15) is 16.5 Å². The highest BCUT2D eigenvalue weighted by molar-refractivity contribution is 9.11. The number of halogens is 3. The Kier molecular flexibility index (Phi) is 5.87. The highest BCUT2D eigenvalue weighted by Gasteiger charge is 2.12. The van der Waals surface area contributed by atoms with Gasteiger partial charge in [-0.25, -0.2) is 4.98 Å². The van der Waals surface area contributed by atoms with E-state index < -0.39 is 0 Å². The number of aromatic nitrogens is 1. The number of nitrogens with one attached hydrogen (secondary N) is 1. The second-order valence-corrected chi connectivity index (χ2v) is 6.30. The van der Waals surface area contributed by atoms with Gasteiger partial charge in [0.05, 0.1) is 16.1 Å². The summed E-state index contributed by atoms with van der Waals surface area (Å²) in [4.78, 5) is 4.24. The number of hydrogen-bond donors (Lipinski definition) is 1. The third-order valence-corrected chi connectivity index (χ3v) is 4.17. The van der Waals surface area contributed by atoms with Crippen LogP contribution >= 0.6 is 43.5 Å². The molecule has 4 nitrogen and oxygen atoms in total. The largest absolute Gasteiger partial charge is 0.496 e. The first kappa shape index (κ1) is 16.5. The summed E-state index contributed by atoms with van der Waals surface area (Å²) in [5.41, 5.74) is 0.991. The summed E-state index contributed by atoms with van der Waals surface area (Å²) in [6.07, 6.45) is 1.73. The summed E-state index contributed by atoms with van der Waals surface area (Å²) < 4.78 is 12.5. The molecule has 0 atom stereocenters. The standard InChI is InChI=1S/C14H13Br2ClN2O2/c1-18-6-8-3-11(17)14(19-7-8)21-13-5-9(15)12(20-2)4-10(13)16/h3-5,7,18H,6H2,1-2H3. The predicted molar refractivity (Wildman–Crippen MR) is 90.5 cm³/mol. The normalized spacial score (nSPS) is 10.5. The van der Waals surface area contributed by atoms with Crippen LogP contribution in [0.4, 0.5) is 0 Å². The third kappa shape index (κ3) is 4.10. The molecule has 0 aliphatic carbocycles. The van der Waals surface area contributed by atoms with Crippen LogP contribution in [-0.2, 0) is 6.54 Å². The minimum atomic E-state index is 0.356. The summed E-state index contributed by atoms with van der Waals surface area (Å²) in [6, 6.07) is 5.43. The van der Waals surface area contributed by atoms with Gasteiger partial charge in [-0.15, -0.1) is 0 Å². The topological polar surface area (TPSA) is 43.4 Å². The molecule has 0 unspecified atom stereocenters. The summed E-state index contributed by atoms with van der Waals surface area (Å²) >= 11 is 13.1. The van der Waals surface area contributed by atoms with E-state index >= 15 is 0 Å². The van der Waals surface area contributed by atoms with Crippen molar-refractivity contribution in [3.8, 4) is 17.4 Å². The van der Waals surface area contributed by atoms with Gasteiger partial charge in [0, 0.05) is 12.7 Å². The lowest BCUT2D eigenvalue weighted by molar-refractivity contribution is 0.408. The van der Waals surface area contributed by atoms with E-state index in [1.54, 1.807) is 19.4 Å². The molecule has 0 aliphatic rings. The summed E-state index contributed by atoms with van der Waals surface area (Å²) in [5.74, 6) is 1.66. The predicted octanol–water partition coefficient (Wildman–Crippen LogP) is 4.78. The Morgan fingerprint density at radius 2 is 1.86 bits per heavy atom. The minimum absolute atomic E-state index is 0.356. The second-order valence-electron chi connectivity index (χ2n) is 4.18. The van der Waals surface area contributed by atoms with Crippen molar-refractivity contribution in [2.45, 2.75) is 6.54 Å². The average Bonchev–Trinajstić information content (AvgIpc) is 2.45. The van der Waals surface area contributed by atoms with Gasteiger partial charge >= 0.3 is 0 Å². The molecule has 1 N–H and O–H groups in total. The van der Waals surface area contributed by atoms with E-state index in [1.807, 2.05) is 19.2 Å². The first-order valence-electron chi connectivity index (χ1n) is 6.05. The molecule has 0 radical (unpaired) electrons. The van der Waals surface area contributed by atoms with Gasteiger partial charge in [0.2, 0.25) is 5.88 Å². The first-order valence-corrected chi connectivity index (χ1v) is 8.01. The van der Waals surface area contributed by atoms with Crippen molar-refractivity contribution < 1.29 is 9.47 Å². The van der Waals surface area contributed by atoms with Gasteiger partial charge in [-0.1, -0.05) is 11.6 Å². The molecule has 0 saturated carbocycles. The lowest BCUT2D eigenvalue weighted by Crippen LogP contribution is -2.05. The summed E-state index contributed by atoms with van der Waals surface area (Å²) in [7, 11) is 3.47. The smallest absolute Gasteiger partial charge is 0.238 e. The van der Waals surface area contributed by atoms with Gasteiger partial charge in [-0.3, -0.25) is 0 Å². The third-order valence-electron chi connectivity index (χ3n) is 2.66.